The second-order valence-electron chi connectivity index (χ2n) is 4.02. The first kappa shape index (κ1) is 14.7. The molecule has 0 aliphatic carbocycles. The lowest BCUT2D eigenvalue weighted by molar-refractivity contribution is 0.251. The zero-order chi connectivity index (χ0) is 14.4. The van der Waals surface area contributed by atoms with Crippen molar-refractivity contribution in [3.05, 3.63) is 53.3 Å². The number of anilines is 1. The Hall–Kier alpha value is -1.72. The van der Waals surface area contributed by atoms with E-state index in [0.29, 0.717) is 17.3 Å². The Bertz CT molecular complexity index is 592. The van der Waals surface area contributed by atoms with Crippen molar-refractivity contribution in [3.63, 3.8) is 0 Å². The lowest BCUT2D eigenvalue weighted by Crippen LogP contribution is -2.28. The Balaban J connectivity index is 1.90. The van der Waals surface area contributed by atoms with E-state index in [1.165, 1.54) is 0 Å². The fraction of sp³-hybridized carbons (Fsp3) is 0.143. The third-order valence-corrected chi connectivity index (χ3v) is 3.81. The maximum absolute atomic E-state index is 11.8. The summed E-state index contributed by atoms with van der Waals surface area (Å²) < 4.78 is 0. The second-order valence-corrected chi connectivity index (χ2v) is 5.27. The van der Waals surface area contributed by atoms with E-state index in [0.717, 1.165) is 10.5 Å². The van der Waals surface area contributed by atoms with Crippen molar-refractivity contribution in [2.45, 2.75) is 11.4 Å². The molecular weight excluding hydrogens is 294 g/mol. The van der Waals surface area contributed by atoms with Crippen LogP contribution in [0.4, 0.5) is 10.5 Å². The van der Waals surface area contributed by atoms with E-state index in [9.17, 15) is 4.79 Å². The van der Waals surface area contributed by atoms with Crippen molar-refractivity contribution in [1.29, 1.82) is 0 Å². The third kappa shape index (κ3) is 4.15. The monoisotopic (exact) mass is 307 g/mol. The highest BCUT2D eigenvalue weighted by Crippen LogP contribution is 2.27. The largest absolute Gasteiger partial charge is 0.334 e. The number of hydrogen-bond acceptors (Lipinski definition) is 3. The van der Waals surface area contributed by atoms with E-state index in [1.807, 2.05) is 30.5 Å². The summed E-state index contributed by atoms with van der Waals surface area (Å²) in [5.74, 6) is 0. The van der Waals surface area contributed by atoms with Gasteiger partial charge in [-0.1, -0.05) is 17.7 Å². The molecule has 4 nitrogen and oxygen atoms in total. The molecule has 0 saturated heterocycles. The fourth-order valence-corrected chi connectivity index (χ4v) is 2.47. The molecule has 0 unspecified atom stereocenters. The van der Waals surface area contributed by atoms with Crippen LogP contribution < -0.4 is 10.6 Å². The molecule has 0 atom stereocenters. The number of carbonyl (C=O) groups excluding carboxylic acids is 1. The van der Waals surface area contributed by atoms with E-state index in [1.54, 1.807) is 30.2 Å². The third-order valence-electron chi connectivity index (χ3n) is 2.59. The summed E-state index contributed by atoms with van der Waals surface area (Å²) in [5, 5.41) is 6.12. The van der Waals surface area contributed by atoms with Crippen molar-refractivity contribution in [2.24, 2.45) is 0 Å². The zero-order valence-corrected chi connectivity index (χ0v) is 12.5. The van der Waals surface area contributed by atoms with E-state index in [2.05, 4.69) is 15.6 Å². The van der Waals surface area contributed by atoms with Crippen molar-refractivity contribution < 1.29 is 4.79 Å². The maximum Gasteiger partial charge on any atom is 0.319 e. The summed E-state index contributed by atoms with van der Waals surface area (Å²) in [6.45, 7) is 0.427. The van der Waals surface area contributed by atoms with Gasteiger partial charge in [0, 0.05) is 29.5 Å². The van der Waals surface area contributed by atoms with Gasteiger partial charge in [0.05, 0.1) is 5.02 Å². The average molecular weight is 308 g/mol. The molecule has 0 fully saturated rings. The van der Waals surface area contributed by atoms with Gasteiger partial charge in [-0.15, -0.1) is 11.8 Å². The predicted molar refractivity (Wildman–Crippen MR) is 83.3 cm³/mol. The highest BCUT2D eigenvalue weighted by Gasteiger charge is 2.04. The molecule has 0 aliphatic heterocycles. The van der Waals surface area contributed by atoms with Crippen molar-refractivity contribution in [1.82, 2.24) is 10.3 Å². The van der Waals surface area contributed by atoms with E-state index < -0.39 is 0 Å². The number of pyridine rings is 1. The molecule has 104 valence electrons. The van der Waals surface area contributed by atoms with Crippen LogP contribution in [0.5, 0.6) is 0 Å². The maximum atomic E-state index is 11.8. The number of hydrogen-bond donors (Lipinski definition) is 2. The molecule has 2 aromatic rings. The van der Waals surface area contributed by atoms with Crippen LogP contribution in [0.2, 0.25) is 5.02 Å². The number of nitrogens with zero attached hydrogens (tertiary/aromatic N) is 1. The summed E-state index contributed by atoms with van der Waals surface area (Å²) in [4.78, 5) is 16.7. The molecule has 0 spiro atoms. The Kier molecular flexibility index (Phi) is 5.26. The van der Waals surface area contributed by atoms with Gasteiger partial charge in [0.15, 0.2) is 0 Å². The minimum Gasteiger partial charge on any atom is -0.334 e. The van der Waals surface area contributed by atoms with Crippen LogP contribution in [0, 0.1) is 0 Å². The smallest absolute Gasteiger partial charge is 0.319 e. The van der Waals surface area contributed by atoms with Crippen LogP contribution in [0.25, 0.3) is 0 Å². The van der Waals surface area contributed by atoms with Gasteiger partial charge in [0.1, 0.15) is 0 Å². The van der Waals surface area contributed by atoms with Gasteiger partial charge in [-0.2, -0.15) is 0 Å². The number of amides is 2. The molecule has 1 aromatic carbocycles. The standard InChI is InChI=1S/C14H14ClN3OS/c1-20-13-5-4-11(7-12(13)15)18-14(19)17-9-10-3-2-6-16-8-10/h2-8H,9H2,1H3,(H2,17,18,19). The van der Waals surface area contributed by atoms with Crippen LogP contribution in [-0.2, 0) is 6.54 Å². The predicted octanol–water partition coefficient (Wildman–Crippen LogP) is 3.78. The van der Waals surface area contributed by atoms with Gasteiger partial charge < -0.3 is 10.6 Å². The quantitative estimate of drug-likeness (QED) is 0.845. The molecule has 6 heteroatoms. The Morgan fingerprint density at radius 1 is 1.40 bits per heavy atom. The summed E-state index contributed by atoms with van der Waals surface area (Å²) >= 11 is 7.65. The first-order chi connectivity index (χ1) is 9.69. The van der Waals surface area contributed by atoms with Crippen molar-refractivity contribution in [3.8, 4) is 0 Å². The van der Waals surface area contributed by atoms with Crippen LogP contribution >= 0.6 is 23.4 Å². The second kappa shape index (κ2) is 7.17. The van der Waals surface area contributed by atoms with Crippen LogP contribution in [-0.4, -0.2) is 17.3 Å². The van der Waals surface area contributed by atoms with Gasteiger partial charge in [0.2, 0.25) is 0 Å². The lowest BCUT2D eigenvalue weighted by Gasteiger charge is -2.09. The summed E-state index contributed by atoms with van der Waals surface area (Å²) in [5.41, 5.74) is 1.61. The molecule has 2 rings (SSSR count). The van der Waals surface area contributed by atoms with Crippen LogP contribution in [0.15, 0.2) is 47.6 Å². The van der Waals surface area contributed by atoms with E-state index in [4.69, 9.17) is 11.6 Å². The minimum atomic E-state index is -0.276. The van der Waals surface area contributed by atoms with Gasteiger partial charge in [-0.3, -0.25) is 4.98 Å². The lowest BCUT2D eigenvalue weighted by atomic mass is 10.3. The first-order valence-corrected chi connectivity index (χ1v) is 7.56. The number of urea groups is 1. The van der Waals surface area contributed by atoms with Gasteiger partial charge >= 0.3 is 6.03 Å². The number of benzene rings is 1. The first-order valence-electron chi connectivity index (χ1n) is 5.96. The van der Waals surface area contributed by atoms with Crippen LogP contribution in [0.3, 0.4) is 0 Å². The average Bonchev–Trinajstić information content (AvgIpc) is 2.46. The number of nitrogens with one attached hydrogen (secondary N) is 2. The summed E-state index contributed by atoms with van der Waals surface area (Å²) in [6.07, 6.45) is 5.36. The summed E-state index contributed by atoms with van der Waals surface area (Å²) in [7, 11) is 0. The molecular formula is C14H14ClN3OS. The normalized spacial score (nSPS) is 10.1. The van der Waals surface area contributed by atoms with E-state index >= 15 is 0 Å². The Morgan fingerprint density at radius 2 is 2.25 bits per heavy atom. The van der Waals surface area contributed by atoms with Crippen LogP contribution in [0.1, 0.15) is 5.56 Å². The molecule has 0 bridgehead atoms. The molecule has 2 N–H and O–H groups in total. The van der Waals surface area contributed by atoms with Crippen molar-refractivity contribution >= 4 is 35.1 Å². The zero-order valence-electron chi connectivity index (χ0n) is 10.9. The van der Waals surface area contributed by atoms with Crippen molar-refractivity contribution in [2.75, 3.05) is 11.6 Å². The summed E-state index contributed by atoms with van der Waals surface area (Å²) in [6, 6.07) is 8.89. The van der Waals surface area contributed by atoms with Gasteiger partial charge in [0.25, 0.3) is 0 Å². The number of halogens is 1. The number of thioether (sulfide) groups is 1. The molecule has 1 aromatic heterocycles. The molecule has 2 amide bonds. The van der Waals surface area contributed by atoms with E-state index in [-0.39, 0.29) is 6.03 Å². The highest BCUT2D eigenvalue weighted by molar-refractivity contribution is 7.98. The number of rotatable bonds is 4. The topological polar surface area (TPSA) is 54.0 Å². The minimum absolute atomic E-state index is 0.276. The molecule has 0 saturated carbocycles. The Morgan fingerprint density at radius 3 is 2.90 bits per heavy atom. The molecule has 20 heavy (non-hydrogen) atoms. The molecule has 0 aliphatic rings. The van der Waals surface area contributed by atoms with Gasteiger partial charge in [-0.05, 0) is 36.1 Å². The number of aromatic nitrogens is 1. The highest BCUT2D eigenvalue weighted by atomic mass is 35.5. The van der Waals surface area contributed by atoms with Gasteiger partial charge in [-0.25, -0.2) is 4.79 Å². The molecule has 0 radical (unpaired) electrons. The SMILES string of the molecule is CSc1ccc(NC(=O)NCc2cccnc2)cc1Cl. The number of carbonyl (C=O) groups is 1. The molecule has 1 heterocycles. The fourth-order valence-electron chi connectivity index (χ4n) is 1.60. The Labute approximate surface area is 126 Å².